The number of halogens is 1. The molecule has 0 radical (unpaired) electrons. The molecule has 1 fully saturated rings. The first-order valence-electron chi connectivity index (χ1n) is 10.5. The molecule has 3 rings (SSSR count). The maximum Gasteiger partial charge on any atom is 0.293 e. The Labute approximate surface area is 181 Å². The maximum atomic E-state index is 13.2. The summed E-state index contributed by atoms with van der Waals surface area (Å²) in [6.07, 6.45) is 3.93. The number of rotatable bonds is 7. The van der Waals surface area contributed by atoms with E-state index < -0.39 is 4.92 Å². The van der Waals surface area contributed by atoms with Gasteiger partial charge in [-0.15, -0.1) is 0 Å². The van der Waals surface area contributed by atoms with Crippen LogP contribution in [0.5, 0.6) is 0 Å². The monoisotopic (exact) mass is 428 g/mol. The molecule has 0 atom stereocenters. The van der Waals surface area contributed by atoms with Gasteiger partial charge in [0.2, 0.25) is 0 Å². The molecule has 1 aliphatic rings. The fourth-order valence-corrected chi connectivity index (χ4v) is 4.04. The molecule has 31 heavy (non-hydrogen) atoms. The summed E-state index contributed by atoms with van der Waals surface area (Å²) in [6, 6.07) is 9.16. The molecule has 1 aliphatic carbocycles. The maximum absolute atomic E-state index is 13.2. The van der Waals surface area contributed by atoms with Gasteiger partial charge < -0.3 is 15.5 Å². The molecule has 166 valence electrons. The van der Waals surface area contributed by atoms with Crippen LogP contribution in [0.1, 0.15) is 48.5 Å². The number of anilines is 2. The van der Waals surface area contributed by atoms with Gasteiger partial charge >= 0.3 is 0 Å². The number of nitrogens with zero attached hydrogens (tertiary/aromatic N) is 2. The van der Waals surface area contributed by atoms with Crippen LogP contribution in [0.25, 0.3) is 0 Å². The Kier molecular flexibility index (Phi) is 7.09. The van der Waals surface area contributed by atoms with E-state index in [-0.39, 0.29) is 29.0 Å². The molecule has 0 heterocycles. The minimum absolute atomic E-state index is 0.0713. The second kappa shape index (κ2) is 9.76. The van der Waals surface area contributed by atoms with Crippen LogP contribution in [0, 0.1) is 21.8 Å². The van der Waals surface area contributed by atoms with Crippen molar-refractivity contribution in [3.8, 4) is 0 Å². The Balaban J connectivity index is 1.92. The van der Waals surface area contributed by atoms with Gasteiger partial charge in [-0.25, -0.2) is 4.39 Å². The van der Waals surface area contributed by atoms with Crippen LogP contribution in [0.3, 0.4) is 0 Å². The third-order valence-corrected chi connectivity index (χ3v) is 5.92. The Bertz CT molecular complexity index is 941. The highest BCUT2D eigenvalue weighted by Gasteiger charge is 2.26. The molecule has 0 spiro atoms. The summed E-state index contributed by atoms with van der Waals surface area (Å²) < 4.78 is 13.2. The lowest BCUT2D eigenvalue weighted by Gasteiger charge is -2.28. The van der Waals surface area contributed by atoms with Crippen LogP contribution in [0.4, 0.5) is 21.5 Å². The van der Waals surface area contributed by atoms with E-state index in [9.17, 15) is 19.3 Å². The zero-order chi connectivity index (χ0) is 22.5. The number of carbonyl (C=O) groups excluding carboxylic acids is 1. The van der Waals surface area contributed by atoms with Crippen molar-refractivity contribution in [3.63, 3.8) is 0 Å². The van der Waals surface area contributed by atoms with Gasteiger partial charge in [-0.2, -0.15) is 0 Å². The van der Waals surface area contributed by atoms with E-state index in [4.69, 9.17) is 0 Å². The zero-order valence-corrected chi connectivity index (χ0v) is 18.2. The molecule has 0 aliphatic heterocycles. The predicted octanol–water partition coefficient (Wildman–Crippen LogP) is 4.72. The first-order valence-corrected chi connectivity index (χ1v) is 10.5. The molecular formula is C23H29FN4O3. The fraction of sp³-hybridized carbons (Fsp3) is 0.435. The first-order chi connectivity index (χ1) is 14.8. The average molecular weight is 429 g/mol. The zero-order valence-electron chi connectivity index (χ0n) is 18.2. The summed E-state index contributed by atoms with van der Waals surface area (Å²) in [5.74, 6) is 0.0221. The summed E-state index contributed by atoms with van der Waals surface area (Å²) in [4.78, 5) is 26.1. The number of hydrogen-bond acceptors (Lipinski definition) is 5. The first kappa shape index (κ1) is 22.5. The molecule has 1 saturated carbocycles. The Morgan fingerprint density at radius 1 is 1.19 bits per heavy atom. The van der Waals surface area contributed by atoms with Gasteiger partial charge in [0.25, 0.3) is 11.6 Å². The predicted molar refractivity (Wildman–Crippen MR) is 120 cm³/mol. The molecule has 0 aromatic heterocycles. The average Bonchev–Trinajstić information content (AvgIpc) is 2.75. The quantitative estimate of drug-likeness (QED) is 0.492. The van der Waals surface area contributed by atoms with Gasteiger partial charge in [0.15, 0.2) is 0 Å². The molecule has 7 nitrogen and oxygen atoms in total. The molecule has 0 bridgehead atoms. The Morgan fingerprint density at radius 3 is 2.42 bits per heavy atom. The van der Waals surface area contributed by atoms with Gasteiger partial charge in [-0.3, -0.25) is 14.9 Å². The second-order valence-electron chi connectivity index (χ2n) is 8.31. The molecule has 0 saturated heterocycles. The number of nitro benzene ring substituents is 1. The minimum atomic E-state index is -0.491. The number of benzene rings is 2. The highest BCUT2D eigenvalue weighted by atomic mass is 19.1. The highest BCUT2D eigenvalue weighted by molar-refractivity contribution is 6.02. The molecule has 2 N–H and O–H groups in total. The van der Waals surface area contributed by atoms with E-state index in [0.29, 0.717) is 23.8 Å². The van der Waals surface area contributed by atoms with Crippen LogP contribution < -0.4 is 15.5 Å². The lowest BCUT2D eigenvalue weighted by molar-refractivity contribution is -0.383. The summed E-state index contributed by atoms with van der Waals surface area (Å²) in [5, 5.41) is 17.5. The van der Waals surface area contributed by atoms with Crippen molar-refractivity contribution < 1.29 is 14.1 Å². The summed E-state index contributed by atoms with van der Waals surface area (Å²) in [5.41, 5.74) is 1.87. The fourth-order valence-electron chi connectivity index (χ4n) is 4.04. The van der Waals surface area contributed by atoms with Crippen LogP contribution in [-0.4, -0.2) is 31.0 Å². The Morgan fingerprint density at radius 2 is 1.84 bits per heavy atom. The highest BCUT2D eigenvalue weighted by Crippen LogP contribution is 2.34. The number of hydrogen-bond donors (Lipinski definition) is 2. The van der Waals surface area contributed by atoms with Crippen molar-refractivity contribution in [2.45, 2.75) is 45.2 Å². The van der Waals surface area contributed by atoms with E-state index in [1.807, 2.05) is 11.9 Å². The summed E-state index contributed by atoms with van der Waals surface area (Å²) in [7, 11) is 3.41. The van der Waals surface area contributed by atoms with Crippen molar-refractivity contribution in [2.75, 3.05) is 24.3 Å². The molecule has 0 unspecified atom stereocenters. The topological polar surface area (TPSA) is 87.5 Å². The van der Waals surface area contributed by atoms with Crippen LogP contribution >= 0.6 is 0 Å². The van der Waals surface area contributed by atoms with Crippen molar-refractivity contribution in [1.29, 1.82) is 0 Å². The van der Waals surface area contributed by atoms with Gasteiger partial charge in [-0.1, -0.05) is 19.1 Å². The molecule has 1 amide bonds. The SMILES string of the molecule is CNc1cc(N(C)Cc2ccc(F)cc2)c(C(=O)NC2CCC(C)CC2)cc1[N+](=O)[O-]. The van der Waals surface area contributed by atoms with E-state index >= 15 is 0 Å². The number of amides is 1. The van der Waals surface area contributed by atoms with Crippen LogP contribution in [0.2, 0.25) is 0 Å². The minimum Gasteiger partial charge on any atom is -0.383 e. The van der Waals surface area contributed by atoms with Crippen molar-refractivity contribution in [1.82, 2.24) is 5.32 Å². The largest absolute Gasteiger partial charge is 0.383 e. The van der Waals surface area contributed by atoms with E-state index in [2.05, 4.69) is 17.6 Å². The number of nitro groups is 1. The van der Waals surface area contributed by atoms with Crippen molar-refractivity contribution >= 4 is 23.0 Å². The Hall–Kier alpha value is -3.16. The molecular weight excluding hydrogens is 399 g/mol. The van der Waals surface area contributed by atoms with Gasteiger partial charge in [-0.05, 0) is 55.4 Å². The smallest absolute Gasteiger partial charge is 0.293 e. The molecule has 2 aromatic rings. The van der Waals surface area contributed by atoms with E-state index in [1.54, 1.807) is 25.2 Å². The van der Waals surface area contributed by atoms with Gasteiger partial charge in [0, 0.05) is 32.7 Å². The van der Waals surface area contributed by atoms with Crippen LogP contribution in [-0.2, 0) is 6.54 Å². The lowest BCUT2D eigenvalue weighted by Crippen LogP contribution is -2.38. The van der Waals surface area contributed by atoms with Gasteiger partial charge in [0.05, 0.1) is 16.2 Å². The standard InChI is InChI=1S/C23H29FN4O3/c1-15-4-10-18(11-5-15)26-23(29)19-12-22(28(30)31)20(25-2)13-21(19)27(3)14-16-6-8-17(24)9-7-16/h6-9,12-13,15,18,25H,4-5,10-11,14H2,1-3H3,(H,26,29). The van der Waals surface area contributed by atoms with Crippen molar-refractivity contribution in [2.24, 2.45) is 5.92 Å². The summed E-state index contributed by atoms with van der Waals surface area (Å²) in [6.45, 7) is 2.63. The third kappa shape index (κ3) is 5.51. The van der Waals surface area contributed by atoms with E-state index in [0.717, 1.165) is 31.2 Å². The molecule has 8 heteroatoms. The van der Waals surface area contributed by atoms with Crippen molar-refractivity contribution in [3.05, 3.63) is 63.5 Å². The second-order valence-corrected chi connectivity index (χ2v) is 8.31. The number of carbonyl (C=O) groups is 1. The van der Waals surface area contributed by atoms with Gasteiger partial charge in [0.1, 0.15) is 11.5 Å². The lowest BCUT2D eigenvalue weighted by atomic mass is 9.87. The van der Waals surface area contributed by atoms with Crippen LogP contribution in [0.15, 0.2) is 36.4 Å². The molecule has 2 aromatic carbocycles. The third-order valence-electron chi connectivity index (χ3n) is 5.92. The normalized spacial score (nSPS) is 18.3. The summed E-state index contributed by atoms with van der Waals surface area (Å²) >= 11 is 0. The van der Waals surface area contributed by atoms with E-state index in [1.165, 1.54) is 18.2 Å². The number of nitrogens with one attached hydrogen (secondary N) is 2.